The minimum Gasteiger partial charge on any atom is -0.342 e. The monoisotopic (exact) mass is 295 g/mol. The van der Waals surface area contributed by atoms with Gasteiger partial charge in [-0.05, 0) is 19.3 Å². The molecule has 0 bridgehead atoms. The Bertz CT molecular complexity index is 701. The molecular formula is C18H21N3O. The van der Waals surface area contributed by atoms with Crippen LogP contribution in [0.1, 0.15) is 24.1 Å². The number of amides is 1. The van der Waals surface area contributed by atoms with Crippen molar-refractivity contribution in [3.63, 3.8) is 0 Å². The third kappa shape index (κ3) is 2.32. The molecule has 0 spiro atoms. The molecule has 0 radical (unpaired) electrons. The highest BCUT2D eigenvalue weighted by molar-refractivity contribution is 5.81. The fourth-order valence-corrected chi connectivity index (χ4v) is 3.41. The van der Waals surface area contributed by atoms with Crippen molar-refractivity contribution in [1.29, 1.82) is 0 Å². The second-order valence-electron chi connectivity index (χ2n) is 6.36. The van der Waals surface area contributed by atoms with Gasteiger partial charge in [-0.2, -0.15) is 5.10 Å². The number of hydrogen-bond acceptors (Lipinski definition) is 2. The summed E-state index contributed by atoms with van der Waals surface area (Å²) in [5, 5.41) is 4.73. The van der Waals surface area contributed by atoms with Gasteiger partial charge >= 0.3 is 0 Å². The van der Waals surface area contributed by atoms with Crippen LogP contribution >= 0.6 is 0 Å². The van der Waals surface area contributed by atoms with Gasteiger partial charge in [0.1, 0.15) is 0 Å². The summed E-state index contributed by atoms with van der Waals surface area (Å²) in [7, 11) is 2.02. The van der Waals surface area contributed by atoms with Gasteiger partial charge in [-0.3, -0.25) is 9.48 Å². The highest BCUT2D eigenvalue weighted by Gasteiger charge is 2.34. The summed E-state index contributed by atoms with van der Waals surface area (Å²) in [6.07, 6.45) is 3.98. The van der Waals surface area contributed by atoms with Gasteiger partial charge < -0.3 is 4.90 Å². The zero-order valence-corrected chi connectivity index (χ0v) is 13.0. The topological polar surface area (TPSA) is 38.1 Å². The van der Waals surface area contributed by atoms with Crippen LogP contribution in [0.5, 0.6) is 0 Å². The molecule has 1 saturated carbocycles. The first kappa shape index (κ1) is 13.6. The second-order valence-corrected chi connectivity index (χ2v) is 6.36. The van der Waals surface area contributed by atoms with Crippen molar-refractivity contribution in [2.75, 3.05) is 13.1 Å². The molecule has 0 saturated heterocycles. The molecule has 22 heavy (non-hydrogen) atoms. The summed E-state index contributed by atoms with van der Waals surface area (Å²) in [4.78, 5) is 14.4. The first-order valence-electron chi connectivity index (χ1n) is 8.13. The Kier molecular flexibility index (Phi) is 3.25. The molecule has 0 unspecified atom stereocenters. The molecule has 1 aromatic heterocycles. The van der Waals surface area contributed by atoms with Gasteiger partial charge in [0.15, 0.2) is 0 Å². The minimum absolute atomic E-state index is 0.313. The number of benzene rings is 1. The van der Waals surface area contributed by atoms with Crippen molar-refractivity contribution in [3.8, 4) is 11.3 Å². The lowest BCUT2D eigenvalue weighted by Gasteiger charge is -2.20. The Morgan fingerprint density at radius 1 is 1.14 bits per heavy atom. The maximum Gasteiger partial charge on any atom is 0.225 e. The van der Waals surface area contributed by atoms with E-state index in [0.29, 0.717) is 11.8 Å². The third-order valence-electron chi connectivity index (χ3n) is 4.81. The lowest BCUT2D eigenvalue weighted by Crippen LogP contribution is -2.34. The van der Waals surface area contributed by atoms with E-state index in [1.165, 1.54) is 16.8 Å². The number of aryl methyl sites for hydroxylation is 1. The van der Waals surface area contributed by atoms with Crippen molar-refractivity contribution in [3.05, 3.63) is 41.6 Å². The van der Waals surface area contributed by atoms with Gasteiger partial charge in [0.25, 0.3) is 0 Å². The van der Waals surface area contributed by atoms with Crippen molar-refractivity contribution >= 4 is 5.91 Å². The van der Waals surface area contributed by atoms with Crippen molar-refractivity contribution in [1.82, 2.24) is 14.7 Å². The Hall–Kier alpha value is -2.10. The van der Waals surface area contributed by atoms with Crippen LogP contribution in [-0.2, 0) is 24.7 Å². The molecule has 1 amide bonds. The average molecular weight is 295 g/mol. The summed E-state index contributed by atoms with van der Waals surface area (Å²) in [5.74, 6) is 0.676. The van der Waals surface area contributed by atoms with Crippen LogP contribution in [-0.4, -0.2) is 33.7 Å². The summed E-state index contributed by atoms with van der Waals surface area (Å²) in [5.41, 5.74) is 4.85. The van der Waals surface area contributed by atoms with Crippen LogP contribution in [0.25, 0.3) is 11.3 Å². The molecule has 4 rings (SSSR count). The Labute approximate surface area is 130 Å². The van der Waals surface area contributed by atoms with Crippen LogP contribution < -0.4 is 0 Å². The van der Waals surface area contributed by atoms with E-state index in [1.54, 1.807) is 0 Å². The maximum atomic E-state index is 12.3. The molecule has 0 atom stereocenters. The van der Waals surface area contributed by atoms with E-state index in [9.17, 15) is 4.79 Å². The number of hydrogen-bond donors (Lipinski definition) is 0. The smallest absolute Gasteiger partial charge is 0.225 e. The normalized spacial score (nSPS) is 18.0. The molecule has 4 heteroatoms. The quantitative estimate of drug-likeness (QED) is 0.853. The molecule has 2 aromatic rings. The van der Waals surface area contributed by atoms with Gasteiger partial charge in [-0.15, -0.1) is 0 Å². The maximum absolute atomic E-state index is 12.3. The van der Waals surface area contributed by atoms with Crippen LogP contribution in [0.15, 0.2) is 30.3 Å². The fourth-order valence-electron chi connectivity index (χ4n) is 3.41. The molecule has 1 aliphatic carbocycles. The van der Waals surface area contributed by atoms with Crippen molar-refractivity contribution < 1.29 is 4.79 Å². The predicted molar refractivity (Wildman–Crippen MR) is 85.4 cm³/mol. The average Bonchev–Trinajstić information content (AvgIpc) is 3.36. The van der Waals surface area contributed by atoms with E-state index in [-0.39, 0.29) is 0 Å². The molecule has 0 N–H and O–H groups in total. The minimum atomic E-state index is 0.313. The van der Waals surface area contributed by atoms with E-state index in [0.717, 1.165) is 44.5 Å². The zero-order valence-electron chi connectivity index (χ0n) is 13.0. The number of carbonyl (C=O) groups is 1. The molecule has 4 nitrogen and oxygen atoms in total. The molecule has 114 valence electrons. The van der Waals surface area contributed by atoms with Gasteiger partial charge in [-0.25, -0.2) is 0 Å². The number of fused-ring (bicyclic) bond motifs is 1. The van der Waals surface area contributed by atoms with Crippen LogP contribution in [0.4, 0.5) is 0 Å². The second kappa shape index (κ2) is 5.27. The number of nitrogens with zero attached hydrogens (tertiary/aromatic N) is 3. The van der Waals surface area contributed by atoms with Gasteiger partial charge in [-0.1, -0.05) is 30.3 Å². The predicted octanol–water partition coefficient (Wildman–Crippen LogP) is 2.42. The fraction of sp³-hybridized carbons (Fsp3) is 0.444. The first-order valence-corrected chi connectivity index (χ1v) is 8.13. The van der Waals surface area contributed by atoms with E-state index in [1.807, 2.05) is 17.8 Å². The Balaban J connectivity index is 1.64. The van der Waals surface area contributed by atoms with Crippen LogP contribution in [0, 0.1) is 5.92 Å². The SMILES string of the molecule is Cn1nc(-c2ccccc2)c2c1CCN(C(=O)C1CC1)CC2. The summed E-state index contributed by atoms with van der Waals surface area (Å²) < 4.78 is 2.00. The van der Waals surface area contributed by atoms with Crippen LogP contribution in [0.3, 0.4) is 0 Å². The largest absolute Gasteiger partial charge is 0.342 e. The summed E-state index contributed by atoms with van der Waals surface area (Å²) in [6.45, 7) is 1.66. The molecule has 2 aliphatic rings. The zero-order chi connectivity index (χ0) is 15.1. The van der Waals surface area contributed by atoms with Crippen molar-refractivity contribution in [2.24, 2.45) is 13.0 Å². The van der Waals surface area contributed by atoms with Crippen LogP contribution in [0.2, 0.25) is 0 Å². The van der Waals surface area contributed by atoms with E-state index in [4.69, 9.17) is 5.10 Å². The van der Waals surface area contributed by atoms with Gasteiger partial charge in [0.05, 0.1) is 5.69 Å². The summed E-state index contributed by atoms with van der Waals surface area (Å²) >= 11 is 0. The number of carbonyl (C=O) groups excluding carboxylic acids is 1. The van der Waals surface area contributed by atoms with Gasteiger partial charge in [0.2, 0.25) is 5.91 Å². The Morgan fingerprint density at radius 3 is 2.59 bits per heavy atom. The number of rotatable bonds is 2. The lowest BCUT2D eigenvalue weighted by molar-refractivity contribution is -0.132. The Morgan fingerprint density at radius 2 is 1.86 bits per heavy atom. The van der Waals surface area contributed by atoms with E-state index < -0.39 is 0 Å². The third-order valence-corrected chi connectivity index (χ3v) is 4.81. The van der Waals surface area contributed by atoms with E-state index >= 15 is 0 Å². The molecule has 1 aliphatic heterocycles. The first-order chi connectivity index (χ1) is 10.7. The molecular weight excluding hydrogens is 274 g/mol. The highest BCUT2D eigenvalue weighted by Crippen LogP contribution is 2.33. The molecule has 1 aromatic carbocycles. The number of aromatic nitrogens is 2. The molecule has 2 heterocycles. The molecule has 1 fully saturated rings. The highest BCUT2D eigenvalue weighted by atomic mass is 16.2. The van der Waals surface area contributed by atoms with Gasteiger partial charge in [0, 0.05) is 49.3 Å². The standard InChI is InChI=1S/C18H21N3O/c1-20-16-10-12-21(18(22)14-7-8-14)11-9-15(16)17(19-20)13-5-3-2-4-6-13/h2-6,14H,7-12H2,1H3. The van der Waals surface area contributed by atoms with E-state index in [2.05, 4.69) is 29.2 Å². The van der Waals surface area contributed by atoms with Crippen molar-refractivity contribution in [2.45, 2.75) is 25.7 Å². The summed E-state index contributed by atoms with van der Waals surface area (Å²) in [6, 6.07) is 10.4. The lowest BCUT2D eigenvalue weighted by atomic mass is 10.0.